The van der Waals surface area contributed by atoms with Gasteiger partial charge in [-0.05, 0) is 55.0 Å². The molecule has 0 atom stereocenters. The molecule has 7 nitrogen and oxygen atoms in total. The lowest BCUT2D eigenvalue weighted by molar-refractivity contribution is 0.101. The van der Waals surface area contributed by atoms with Gasteiger partial charge in [-0.25, -0.2) is 0 Å². The molecule has 1 amide bonds. The highest BCUT2D eigenvalue weighted by atomic mass is 16.4. The summed E-state index contributed by atoms with van der Waals surface area (Å²) in [5, 5.41) is 14.5. The lowest BCUT2D eigenvalue weighted by atomic mass is 9.90. The zero-order valence-corrected chi connectivity index (χ0v) is 13.3. The molecule has 1 N–H and O–H groups in total. The third kappa shape index (κ3) is 2.80. The molecule has 0 fully saturated rings. The van der Waals surface area contributed by atoms with Crippen molar-refractivity contribution < 1.29 is 9.21 Å². The first-order chi connectivity index (χ1) is 11.7. The summed E-state index contributed by atoms with van der Waals surface area (Å²) in [5.74, 6) is 0.0240. The lowest BCUT2D eigenvalue weighted by Gasteiger charge is -2.15. The van der Waals surface area contributed by atoms with Crippen LogP contribution in [-0.2, 0) is 19.9 Å². The molecule has 2 aromatic heterocycles. The number of aryl methyl sites for hydroxylation is 3. The Morgan fingerprint density at radius 3 is 2.79 bits per heavy atom. The predicted molar refractivity (Wildman–Crippen MR) is 87.5 cm³/mol. The Kier molecular flexibility index (Phi) is 3.60. The summed E-state index contributed by atoms with van der Waals surface area (Å²) in [6.45, 7) is 0. The topological polar surface area (TPSA) is 85.8 Å². The second-order valence-corrected chi connectivity index (χ2v) is 5.93. The summed E-state index contributed by atoms with van der Waals surface area (Å²) in [6.07, 6.45) is 6.37. The molecule has 1 aromatic carbocycles. The van der Waals surface area contributed by atoms with E-state index in [2.05, 4.69) is 32.7 Å². The number of rotatable bonds is 3. The maximum absolute atomic E-state index is 12.1. The van der Waals surface area contributed by atoms with Crippen LogP contribution in [0.15, 0.2) is 34.9 Å². The minimum Gasteiger partial charge on any atom is -0.403 e. The molecule has 3 aromatic rings. The van der Waals surface area contributed by atoms with Gasteiger partial charge < -0.3 is 4.42 Å². The normalized spacial score (nSPS) is 13.5. The largest absolute Gasteiger partial charge is 0.403 e. The van der Waals surface area contributed by atoms with Gasteiger partial charge in [-0.1, -0.05) is 11.2 Å². The molecule has 4 rings (SSSR count). The van der Waals surface area contributed by atoms with Gasteiger partial charge in [0, 0.05) is 18.8 Å². The van der Waals surface area contributed by atoms with E-state index < -0.39 is 0 Å². The van der Waals surface area contributed by atoms with Crippen molar-refractivity contribution in [1.82, 2.24) is 20.0 Å². The van der Waals surface area contributed by atoms with E-state index >= 15 is 0 Å². The van der Waals surface area contributed by atoms with Crippen molar-refractivity contribution in [2.45, 2.75) is 25.7 Å². The van der Waals surface area contributed by atoms with Crippen LogP contribution >= 0.6 is 0 Å². The number of amides is 1. The van der Waals surface area contributed by atoms with Gasteiger partial charge in [-0.2, -0.15) is 5.10 Å². The number of anilines is 1. The highest BCUT2D eigenvalue weighted by molar-refractivity contribution is 6.01. The minimum atomic E-state index is -0.378. The van der Waals surface area contributed by atoms with Crippen LogP contribution in [0.5, 0.6) is 0 Å². The second kappa shape index (κ2) is 5.92. The van der Waals surface area contributed by atoms with Crippen molar-refractivity contribution in [3.63, 3.8) is 0 Å². The molecule has 0 saturated heterocycles. The van der Waals surface area contributed by atoms with Crippen molar-refractivity contribution in [2.24, 2.45) is 7.05 Å². The zero-order valence-electron chi connectivity index (χ0n) is 13.3. The fourth-order valence-corrected chi connectivity index (χ4v) is 2.95. The molecule has 2 heterocycles. The maximum atomic E-state index is 12.1. The van der Waals surface area contributed by atoms with Crippen molar-refractivity contribution in [3.8, 4) is 11.5 Å². The van der Waals surface area contributed by atoms with Crippen molar-refractivity contribution in [2.75, 3.05) is 5.32 Å². The molecular formula is C17H17N5O2. The van der Waals surface area contributed by atoms with Gasteiger partial charge in [0.25, 0.3) is 5.91 Å². The van der Waals surface area contributed by atoms with Crippen LogP contribution in [0.4, 0.5) is 6.01 Å². The third-order valence-electron chi connectivity index (χ3n) is 4.19. The lowest BCUT2D eigenvalue weighted by Crippen LogP contribution is -2.13. The van der Waals surface area contributed by atoms with Crippen molar-refractivity contribution in [1.29, 1.82) is 0 Å². The Labute approximate surface area is 138 Å². The average molecular weight is 323 g/mol. The molecule has 0 saturated carbocycles. The highest BCUT2D eigenvalue weighted by Crippen LogP contribution is 2.27. The van der Waals surface area contributed by atoms with E-state index in [0.717, 1.165) is 18.4 Å². The molecule has 0 spiro atoms. The van der Waals surface area contributed by atoms with Crippen LogP contribution in [0.25, 0.3) is 11.5 Å². The molecule has 0 radical (unpaired) electrons. The van der Waals surface area contributed by atoms with Crippen LogP contribution in [0.3, 0.4) is 0 Å². The summed E-state index contributed by atoms with van der Waals surface area (Å²) < 4.78 is 7.13. The van der Waals surface area contributed by atoms with Gasteiger partial charge in [0.2, 0.25) is 5.89 Å². The van der Waals surface area contributed by atoms with Crippen LogP contribution in [0.1, 0.15) is 34.5 Å². The Bertz CT molecular complexity index is 896. The summed E-state index contributed by atoms with van der Waals surface area (Å²) in [5.41, 5.74) is 3.91. The quantitative estimate of drug-likeness (QED) is 0.800. The third-order valence-corrected chi connectivity index (χ3v) is 4.19. The van der Waals surface area contributed by atoms with Crippen LogP contribution < -0.4 is 5.32 Å². The fraction of sp³-hybridized carbons (Fsp3) is 0.294. The average Bonchev–Trinajstić information content (AvgIpc) is 3.23. The van der Waals surface area contributed by atoms with E-state index in [1.807, 2.05) is 6.07 Å². The van der Waals surface area contributed by atoms with Gasteiger partial charge in [0.15, 0.2) is 5.69 Å². The standard InChI is InChI=1S/C17H17N5O2/c1-22-9-8-14(21-22)15(23)18-17-20-19-16(24-17)13-7-6-11-4-2-3-5-12(11)10-13/h6-10H,2-5H2,1H3,(H,18,20,23). The number of fused-ring (bicyclic) bond motifs is 1. The van der Waals surface area contributed by atoms with Crippen LogP contribution in [0, 0.1) is 0 Å². The first kappa shape index (κ1) is 14.6. The molecule has 0 unspecified atom stereocenters. The first-order valence-electron chi connectivity index (χ1n) is 7.96. The van der Waals surface area contributed by atoms with Crippen LogP contribution in [-0.4, -0.2) is 25.9 Å². The molecule has 0 aliphatic heterocycles. The summed E-state index contributed by atoms with van der Waals surface area (Å²) >= 11 is 0. The molecule has 1 aliphatic carbocycles. The highest BCUT2D eigenvalue weighted by Gasteiger charge is 2.16. The van der Waals surface area contributed by atoms with Gasteiger partial charge in [0.05, 0.1) is 0 Å². The molecular weight excluding hydrogens is 306 g/mol. The van der Waals surface area contributed by atoms with Gasteiger partial charge in [-0.15, -0.1) is 5.10 Å². The fourth-order valence-electron chi connectivity index (χ4n) is 2.95. The molecule has 7 heteroatoms. The Morgan fingerprint density at radius 1 is 1.17 bits per heavy atom. The minimum absolute atomic E-state index is 0.0679. The number of carbonyl (C=O) groups excluding carboxylic acids is 1. The van der Waals surface area contributed by atoms with E-state index in [1.165, 1.54) is 24.0 Å². The van der Waals surface area contributed by atoms with Gasteiger partial charge in [0.1, 0.15) is 0 Å². The maximum Gasteiger partial charge on any atom is 0.322 e. The van der Waals surface area contributed by atoms with Crippen LogP contribution in [0.2, 0.25) is 0 Å². The monoisotopic (exact) mass is 323 g/mol. The van der Waals surface area contributed by atoms with E-state index in [1.54, 1.807) is 24.0 Å². The zero-order chi connectivity index (χ0) is 16.5. The van der Waals surface area contributed by atoms with E-state index in [0.29, 0.717) is 11.6 Å². The van der Waals surface area contributed by atoms with Crippen molar-refractivity contribution >= 4 is 11.9 Å². The molecule has 1 aliphatic rings. The first-order valence-corrected chi connectivity index (χ1v) is 7.96. The SMILES string of the molecule is Cn1ccc(C(=O)Nc2nnc(-c3ccc4c(c3)CCCC4)o2)n1. The number of nitrogens with one attached hydrogen (secondary N) is 1. The molecule has 24 heavy (non-hydrogen) atoms. The van der Waals surface area contributed by atoms with E-state index in [4.69, 9.17) is 4.42 Å². The number of aromatic nitrogens is 4. The Balaban J connectivity index is 1.53. The number of carbonyl (C=O) groups is 1. The number of benzene rings is 1. The summed E-state index contributed by atoms with van der Waals surface area (Å²) in [6, 6.07) is 7.91. The second-order valence-electron chi connectivity index (χ2n) is 5.93. The molecule has 122 valence electrons. The Morgan fingerprint density at radius 2 is 2.00 bits per heavy atom. The number of hydrogen-bond donors (Lipinski definition) is 1. The number of hydrogen-bond acceptors (Lipinski definition) is 5. The smallest absolute Gasteiger partial charge is 0.322 e. The molecule has 0 bridgehead atoms. The summed E-state index contributed by atoms with van der Waals surface area (Å²) in [4.78, 5) is 12.1. The van der Waals surface area contributed by atoms with Gasteiger partial charge in [-0.3, -0.25) is 14.8 Å². The van der Waals surface area contributed by atoms with E-state index in [9.17, 15) is 4.79 Å². The van der Waals surface area contributed by atoms with Crippen molar-refractivity contribution in [3.05, 3.63) is 47.3 Å². The summed E-state index contributed by atoms with van der Waals surface area (Å²) in [7, 11) is 1.75. The predicted octanol–water partition coefficient (Wildman–Crippen LogP) is 2.60. The number of nitrogens with zero attached hydrogens (tertiary/aromatic N) is 4. The van der Waals surface area contributed by atoms with E-state index in [-0.39, 0.29) is 11.9 Å². The Hall–Kier alpha value is -2.96. The van der Waals surface area contributed by atoms with Gasteiger partial charge >= 0.3 is 6.01 Å².